The number of benzene rings is 2. The molecule has 2 aromatic carbocycles. The zero-order valence-electron chi connectivity index (χ0n) is 23.4. The largest absolute Gasteiger partial charge is 0.493 e. The van der Waals surface area contributed by atoms with Crippen molar-refractivity contribution in [3.05, 3.63) is 79.5 Å². The molecule has 7 heteroatoms. The van der Waals surface area contributed by atoms with Gasteiger partial charge in [-0.15, -0.1) is 0 Å². The Labute approximate surface area is 243 Å². The fourth-order valence-electron chi connectivity index (χ4n) is 6.28. The van der Waals surface area contributed by atoms with Gasteiger partial charge in [0.1, 0.15) is 12.4 Å². The minimum Gasteiger partial charge on any atom is -0.493 e. The van der Waals surface area contributed by atoms with Crippen LogP contribution in [0.15, 0.2) is 58.9 Å². The third-order valence-electron chi connectivity index (χ3n) is 8.06. The minimum atomic E-state index is -0.438. The number of Topliss-reactive ketones (excluding diaryl/α,β-unsaturated/α-hetero) is 2. The number of allylic oxidation sites excluding steroid dienone is 4. The lowest BCUT2D eigenvalue weighted by Crippen LogP contribution is -2.43. The highest BCUT2D eigenvalue weighted by Gasteiger charge is 2.48. The van der Waals surface area contributed by atoms with Crippen molar-refractivity contribution in [3.8, 4) is 11.5 Å². The van der Waals surface area contributed by atoms with E-state index >= 15 is 0 Å². The average molecular weight is 644 g/mol. The molecule has 0 bridgehead atoms. The third kappa shape index (κ3) is 5.26. The Hall–Kier alpha value is -2.68. The Kier molecular flexibility index (Phi) is 7.19. The van der Waals surface area contributed by atoms with Crippen molar-refractivity contribution in [2.45, 2.75) is 65.9 Å². The number of carbonyl (C=O) groups excluding carboxylic acids is 2. The summed E-state index contributed by atoms with van der Waals surface area (Å²) in [6, 6.07) is 10.1. The first-order valence-corrected chi connectivity index (χ1v) is 14.4. The van der Waals surface area contributed by atoms with E-state index in [1.807, 2.05) is 19.2 Å². The highest BCUT2D eigenvalue weighted by Crippen LogP contribution is 2.54. The van der Waals surface area contributed by atoms with Gasteiger partial charge >= 0.3 is 0 Å². The molecule has 2 aromatic rings. The predicted molar refractivity (Wildman–Crippen MR) is 157 cm³/mol. The maximum atomic E-state index is 13.8. The van der Waals surface area contributed by atoms with E-state index in [-0.39, 0.29) is 34.8 Å². The molecule has 0 N–H and O–H groups in total. The van der Waals surface area contributed by atoms with Crippen molar-refractivity contribution in [2.75, 3.05) is 14.2 Å². The van der Waals surface area contributed by atoms with Crippen molar-refractivity contribution in [3.63, 3.8) is 0 Å². The summed E-state index contributed by atoms with van der Waals surface area (Å²) in [5, 5.41) is 0. The van der Waals surface area contributed by atoms with E-state index in [4.69, 9.17) is 9.47 Å². The van der Waals surface area contributed by atoms with Gasteiger partial charge in [-0.05, 0) is 81.7 Å². The van der Waals surface area contributed by atoms with Crippen LogP contribution in [0, 0.1) is 20.2 Å². The number of halogens is 2. The Morgan fingerprint density at radius 3 is 1.97 bits per heavy atom. The Balaban J connectivity index is 1.62. The summed E-state index contributed by atoms with van der Waals surface area (Å²) in [5.41, 5.74) is 4.93. The molecule has 0 saturated heterocycles. The first kappa shape index (κ1) is 27.9. The van der Waals surface area contributed by atoms with Gasteiger partial charge in [0.05, 0.1) is 10.7 Å². The molecule has 0 amide bonds. The van der Waals surface area contributed by atoms with Gasteiger partial charge in [0.25, 0.3) is 0 Å². The number of ketones is 2. The van der Waals surface area contributed by atoms with E-state index < -0.39 is 5.92 Å². The summed E-state index contributed by atoms with van der Waals surface area (Å²) < 4.78 is 26.1. The molecule has 2 aliphatic carbocycles. The monoisotopic (exact) mass is 643 g/mol. The molecule has 0 atom stereocenters. The number of nitrogens with zero attached hydrogens (tertiary/aromatic N) is 1. The van der Waals surface area contributed by atoms with Crippen LogP contribution in [0.2, 0.25) is 0 Å². The lowest BCUT2D eigenvalue weighted by atomic mass is 9.64. The smallest absolute Gasteiger partial charge is 0.174 e. The molecule has 0 saturated carbocycles. The number of hydrogen-bond acceptors (Lipinski definition) is 5. The molecular formula is C32H35FINO4. The van der Waals surface area contributed by atoms with Gasteiger partial charge in [0.2, 0.25) is 0 Å². The van der Waals surface area contributed by atoms with Gasteiger partial charge in [-0.2, -0.15) is 0 Å². The standard InChI is InChI=1S/C32H35FINO4/c1-31(2)13-22-28(24(36)15-31)27(29-23(35(22)5)14-32(3,4)16-25(29)37)19-11-21(34)30(26(12-19)38-6)39-17-18-7-9-20(33)10-8-18/h7-12,27H,13-17H2,1-6H3. The fraction of sp³-hybridized carbons (Fsp3) is 0.438. The van der Waals surface area contributed by atoms with Crippen LogP contribution < -0.4 is 9.47 Å². The maximum absolute atomic E-state index is 13.8. The molecule has 0 radical (unpaired) electrons. The molecule has 1 aliphatic heterocycles. The fourth-order valence-corrected chi connectivity index (χ4v) is 7.06. The molecule has 1 heterocycles. The van der Waals surface area contributed by atoms with Gasteiger partial charge in [-0.25, -0.2) is 4.39 Å². The third-order valence-corrected chi connectivity index (χ3v) is 8.86. The van der Waals surface area contributed by atoms with Crippen molar-refractivity contribution in [1.82, 2.24) is 4.90 Å². The highest BCUT2D eigenvalue weighted by molar-refractivity contribution is 14.1. The van der Waals surface area contributed by atoms with E-state index in [1.54, 1.807) is 19.2 Å². The molecule has 5 rings (SSSR count). The molecular weight excluding hydrogens is 608 g/mol. The van der Waals surface area contributed by atoms with Gasteiger partial charge in [0, 0.05) is 48.3 Å². The lowest BCUT2D eigenvalue weighted by molar-refractivity contribution is -0.119. The SMILES string of the molecule is COc1cc(C2C3=C(CC(C)(C)CC3=O)N(C)C3=C2C(=O)CC(C)(C)C3)cc(I)c1OCc1ccc(F)cc1. The van der Waals surface area contributed by atoms with E-state index in [1.165, 1.54) is 12.1 Å². The van der Waals surface area contributed by atoms with Crippen LogP contribution in [0.5, 0.6) is 11.5 Å². The quantitative estimate of drug-likeness (QED) is 0.320. The van der Waals surface area contributed by atoms with Crippen LogP contribution in [0.25, 0.3) is 0 Å². The second kappa shape index (κ2) is 10.1. The Bertz CT molecular complexity index is 1370. The molecule has 0 aromatic heterocycles. The van der Waals surface area contributed by atoms with Crippen molar-refractivity contribution >= 4 is 34.2 Å². The minimum absolute atomic E-state index is 0.105. The summed E-state index contributed by atoms with van der Waals surface area (Å²) in [6.07, 6.45) is 2.45. The molecule has 39 heavy (non-hydrogen) atoms. The number of hydrogen-bond donors (Lipinski definition) is 0. The van der Waals surface area contributed by atoms with Crippen molar-refractivity contribution in [1.29, 1.82) is 0 Å². The topological polar surface area (TPSA) is 55.8 Å². The normalized spacial score (nSPS) is 20.7. The summed E-state index contributed by atoms with van der Waals surface area (Å²) in [7, 11) is 3.60. The molecule has 3 aliphatic rings. The summed E-state index contributed by atoms with van der Waals surface area (Å²) in [4.78, 5) is 29.7. The second-order valence-corrected chi connectivity index (χ2v) is 13.7. The van der Waals surface area contributed by atoms with E-state index in [9.17, 15) is 14.0 Å². The van der Waals surface area contributed by atoms with E-state index in [0.717, 1.165) is 50.1 Å². The summed E-state index contributed by atoms with van der Waals surface area (Å²) in [5.74, 6) is 0.592. The lowest BCUT2D eigenvalue weighted by Gasteiger charge is -2.48. The van der Waals surface area contributed by atoms with Crippen LogP contribution in [0.3, 0.4) is 0 Å². The summed E-state index contributed by atoms with van der Waals surface area (Å²) in [6.45, 7) is 8.80. The predicted octanol–water partition coefficient (Wildman–Crippen LogP) is 7.33. The van der Waals surface area contributed by atoms with Crippen molar-refractivity contribution < 1.29 is 23.5 Å². The van der Waals surface area contributed by atoms with Crippen LogP contribution in [-0.4, -0.2) is 30.6 Å². The number of carbonyl (C=O) groups is 2. The van der Waals surface area contributed by atoms with E-state index in [0.29, 0.717) is 24.3 Å². The zero-order valence-corrected chi connectivity index (χ0v) is 25.6. The maximum Gasteiger partial charge on any atom is 0.174 e. The number of ether oxygens (including phenoxy) is 2. The average Bonchev–Trinajstić information content (AvgIpc) is 2.84. The number of methoxy groups -OCH3 is 1. The Morgan fingerprint density at radius 1 is 0.923 bits per heavy atom. The van der Waals surface area contributed by atoms with Gasteiger partial charge in [-0.1, -0.05) is 39.8 Å². The van der Waals surface area contributed by atoms with Crippen LogP contribution >= 0.6 is 22.6 Å². The summed E-state index contributed by atoms with van der Waals surface area (Å²) >= 11 is 2.22. The van der Waals surface area contributed by atoms with Crippen LogP contribution in [0.4, 0.5) is 4.39 Å². The molecule has 206 valence electrons. The van der Waals surface area contributed by atoms with Crippen LogP contribution in [0.1, 0.15) is 70.4 Å². The molecule has 0 spiro atoms. The molecule has 5 nitrogen and oxygen atoms in total. The molecule has 0 unspecified atom stereocenters. The first-order valence-electron chi connectivity index (χ1n) is 13.3. The van der Waals surface area contributed by atoms with Crippen molar-refractivity contribution in [2.24, 2.45) is 10.8 Å². The zero-order chi connectivity index (χ0) is 28.3. The van der Waals surface area contributed by atoms with Gasteiger partial charge < -0.3 is 14.4 Å². The van der Waals surface area contributed by atoms with Gasteiger partial charge in [0.15, 0.2) is 23.1 Å². The second-order valence-electron chi connectivity index (χ2n) is 12.5. The van der Waals surface area contributed by atoms with Crippen LogP contribution in [-0.2, 0) is 16.2 Å². The van der Waals surface area contributed by atoms with E-state index in [2.05, 4.69) is 55.2 Å². The highest BCUT2D eigenvalue weighted by atomic mass is 127. The van der Waals surface area contributed by atoms with Gasteiger partial charge in [-0.3, -0.25) is 9.59 Å². The molecule has 0 fully saturated rings. The number of rotatable bonds is 5. The first-order chi connectivity index (χ1) is 18.3. The Morgan fingerprint density at radius 2 is 1.46 bits per heavy atom.